The van der Waals surface area contributed by atoms with E-state index in [-0.39, 0.29) is 23.2 Å². The first-order chi connectivity index (χ1) is 11.3. The van der Waals surface area contributed by atoms with Crippen molar-refractivity contribution in [2.24, 2.45) is 7.05 Å². The lowest BCUT2D eigenvalue weighted by atomic mass is 10.2. The largest absolute Gasteiger partial charge is 0.325 e. The summed E-state index contributed by atoms with van der Waals surface area (Å²) in [6, 6.07) is 4.15. The van der Waals surface area contributed by atoms with Crippen LogP contribution in [0.1, 0.15) is 11.3 Å². The Morgan fingerprint density at radius 1 is 1.50 bits per heavy atom. The van der Waals surface area contributed by atoms with E-state index in [4.69, 9.17) is 11.6 Å². The van der Waals surface area contributed by atoms with Crippen LogP contribution in [0.25, 0.3) is 0 Å². The van der Waals surface area contributed by atoms with Gasteiger partial charge in [0.15, 0.2) is 0 Å². The van der Waals surface area contributed by atoms with Gasteiger partial charge in [0, 0.05) is 36.6 Å². The molecule has 2 rings (SSSR count). The minimum atomic E-state index is -0.588. The number of carbonyl (C=O) groups is 1. The third-order valence-electron chi connectivity index (χ3n) is 3.62. The minimum Gasteiger partial charge on any atom is -0.325 e. The first-order valence-electron chi connectivity index (χ1n) is 7.17. The van der Waals surface area contributed by atoms with Crippen LogP contribution in [0.15, 0.2) is 24.4 Å². The van der Waals surface area contributed by atoms with E-state index in [0.29, 0.717) is 12.2 Å². The molecule has 0 aliphatic carbocycles. The van der Waals surface area contributed by atoms with E-state index in [1.807, 2.05) is 25.9 Å². The number of carbonyl (C=O) groups excluding carboxylic acids is 1. The van der Waals surface area contributed by atoms with Gasteiger partial charge in [0.05, 0.1) is 17.7 Å². The number of nitrogens with zero attached hydrogens (tertiary/aromatic N) is 4. The topological polar surface area (TPSA) is 93.3 Å². The van der Waals surface area contributed by atoms with E-state index in [9.17, 15) is 14.9 Å². The molecule has 128 valence electrons. The van der Waals surface area contributed by atoms with Gasteiger partial charge in [-0.25, -0.2) is 0 Å². The van der Waals surface area contributed by atoms with Crippen molar-refractivity contribution in [1.82, 2.24) is 14.7 Å². The van der Waals surface area contributed by atoms with Gasteiger partial charge in [0.25, 0.3) is 5.69 Å². The summed E-state index contributed by atoms with van der Waals surface area (Å²) in [6.45, 7) is 2.68. The van der Waals surface area contributed by atoms with E-state index < -0.39 is 4.92 Å². The number of hydrogen-bond acceptors (Lipinski definition) is 5. The van der Waals surface area contributed by atoms with Crippen LogP contribution in [0.3, 0.4) is 0 Å². The molecule has 1 N–H and O–H groups in total. The zero-order valence-electron chi connectivity index (χ0n) is 13.6. The molecule has 1 aromatic carbocycles. The van der Waals surface area contributed by atoms with E-state index in [1.165, 1.54) is 18.2 Å². The van der Waals surface area contributed by atoms with Crippen LogP contribution in [0, 0.1) is 17.0 Å². The highest BCUT2D eigenvalue weighted by atomic mass is 35.5. The number of anilines is 1. The molecule has 0 spiro atoms. The summed E-state index contributed by atoms with van der Waals surface area (Å²) >= 11 is 5.75. The van der Waals surface area contributed by atoms with Crippen molar-refractivity contribution in [2.75, 3.05) is 18.9 Å². The molecule has 0 fully saturated rings. The number of aromatic nitrogens is 2. The van der Waals surface area contributed by atoms with Gasteiger partial charge >= 0.3 is 0 Å². The summed E-state index contributed by atoms with van der Waals surface area (Å²) < 4.78 is 1.77. The Labute approximate surface area is 144 Å². The molecule has 0 radical (unpaired) electrons. The number of nitrogens with one attached hydrogen (secondary N) is 1. The summed E-state index contributed by atoms with van der Waals surface area (Å²) in [5.41, 5.74) is 2.17. The number of nitro benzene ring substituents is 1. The summed E-state index contributed by atoms with van der Waals surface area (Å²) in [6.07, 6.45) is 1.77. The van der Waals surface area contributed by atoms with Gasteiger partial charge in [0.1, 0.15) is 5.02 Å². The zero-order chi connectivity index (χ0) is 17.9. The maximum Gasteiger partial charge on any atom is 0.289 e. The average molecular weight is 352 g/mol. The number of halogens is 1. The molecule has 0 saturated heterocycles. The van der Waals surface area contributed by atoms with Crippen molar-refractivity contribution in [3.05, 3.63) is 50.8 Å². The van der Waals surface area contributed by atoms with Crippen molar-refractivity contribution in [3.63, 3.8) is 0 Å². The van der Waals surface area contributed by atoms with Crippen LogP contribution in [0.2, 0.25) is 5.02 Å². The number of amides is 1. The Hall–Kier alpha value is -2.45. The first-order valence-corrected chi connectivity index (χ1v) is 7.55. The molecular weight excluding hydrogens is 334 g/mol. The highest BCUT2D eigenvalue weighted by molar-refractivity contribution is 6.32. The van der Waals surface area contributed by atoms with Crippen molar-refractivity contribution >= 4 is 28.9 Å². The molecule has 0 bridgehead atoms. The van der Waals surface area contributed by atoms with E-state index >= 15 is 0 Å². The molecular formula is C15H18ClN5O3. The standard InChI is InChI=1S/C15H18ClN5O3/c1-10-11(7-17-20(10)3)8-19(2)9-15(22)18-12-4-5-13(16)14(6-12)21(23)24/h4-7H,8-9H2,1-3H3,(H,18,22). The van der Waals surface area contributed by atoms with Gasteiger partial charge in [-0.2, -0.15) is 5.10 Å². The summed E-state index contributed by atoms with van der Waals surface area (Å²) in [5, 5.41) is 17.7. The lowest BCUT2D eigenvalue weighted by Crippen LogP contribution is -2.30. The monoisotopic (exact) mass is 351 g/mol. The Balaban J connectivity index is 1.96. The number of rotatable bonds is 6. The molecule has 9 heteroatoms. The number of benzene rings is 1. The molecule has 1 heterocycles. The molecule has 0 atom stereocenters. The Morgan fingerprint density at radius 2 is 2.21 bits per heavy atom. The van der Waals surface area contributed by atoms with Crippen LogP contribution in [0.4, 0.5) is 11.4 Å². The summed E-state index contributed by atoms with van der Waals surface area (Å²) in [5.74, 6) is -0.268. The van der Waals surface area contributed by atoms with Crippen molar-refractivity contribution < 1.29 is 9.72 Å². The number of likely N-dealkylation sites (N-methyl/N-ethyl adjacent to an activating group) is 1. The second-order valence-corrected chi connectivity index (χ2v) is 5.93. The SMILES string of the molecule is Cc1c(CN(C)CC(=O)Nc2ccc(Cl)c([N+](=O)[O-])c2)cnn1C. The first kappa shape index (κ1) is 17.9. The lowest BCUT2D eigenvalue weighted by molar-refractivity contribution is -0.384. The van der Waals surface area contributed by atoms with Gasteiger partial charge in [-0.15, -0.1) is 0 Å². The van der Waals surface area contributed by atoms with Gasteiger partial charge < -0.3 is 5.32 Å². The molecule has 1 amide bonds. The highest BCUT2D eigenvalue weighted by Crippen LogP contribution is 2.27. The molecule has 0 saturated carbocycles. The summed E-state index contributed by atoms with van der Waals surface area (Å²) in [4.78, 5) is 24.2. The van der Waals surface area contributed by atoms with Crippen LogP contribution in [-0.4, -0.2) is 39.1 Å². The second-order valence-electron chi connectivity index (χ2n) is 5.52. The average Bonchev–Trinajstić information content (AvgIpc) is 2.80. The predicted molar refractivity (Wildman–Crippen MR) is 91.0 cm³/mol. The second kappa shape index (κ2) is 7.41. The van der Waals surface area contributed by atoms with Crippen molar-refractivity contribution in [3.8, 4) is 0 Å². The molecule has 0 aliphatic rings. The molecule has 8 nitrogen and oxygen atoms in total. The molecule has 1 aromatic heterocycles. The van der Waals surface area contributed by atoms with Crippen molar-refractivity contribution in [1.29, 1.82) is 0 Å². The highest BCUT2D eigenvalue weighted by Gasteiger charge is 2.15. The number of aryl methyl sites for hydroxylation is 1. The number of hydrogen-bond donors (Lipinski definition) is 1. The molecule has 2 aromatic rings. The summed E-state index contributed by atoms with van der Waals surface area (Å²) in [7, 11) is 3.68. The lowest BCUT2D eigenvalue weighted by Gasteiger charge is -2.16. The van der Waals surface area contributed by atoms with Gasteiger partial charge in [-0.05, 0) is 26.1 Å². The molecule has 0 unspecified atom stereocenters. The van der Waals surface area contributed by atoms with Crippen LogP contribution >= 0.6 is 11.6 Å². The maximum atomic E-state index is 12.1. The fourth-order valence-electron chi connectivity index (χ4n) is 2.22. The number of nitro groups is 1. The van der Waals surface area contributed by atoms with Crippen LogP contribution < -0.4 is 5.32 Å². The van der Waals surface area contributed by atoms with Gasteiger partial charge in [-0.3, -0.25) is 24.5 Å². The van der Waals surface area contributed by atoms with Crippen molar-refractivity contribution in [2.45, 2.75) is 13.5 Å². The maximum absolute atomic E-state index is 12.1. The van der Waals surface area contributed by atoms with Gasteiger partial charge in [-0.1, -0.05) is 11.6 Å². The van der Waals surface area contributed by atoms with Crippen LogP contribution in [-0.2, 0) is 18.4 Å². The third kappa shape index (κ3) is 4.30. The third-order valence-corrected chi connectivity index (χ3v) is 3.94. The smallest absolute Gasteiger partial charge is 0.289 e. The van der Waals surface area contributed by atoms with Gasteiger partial charge in [0.2, 0.25) is 5.91 Å². The van der Waals surface area contributed by atoms with E-state index in [1.54, 1.807) is 10.9 Å². The van der Waals surface area contributed by atoms with E-state index in [0.717, 1.165) is 11.3 Å². The molecule has 24 heavy (non-hydrogen) atoms. The normalized spacial score (nSPS) is 10.9. The Kier molecular flexibility index (Phi) is 5.53. The van der Waals surface area contributed by atoms with E-state index in [2.05, 4.69) is 10.4 Å². The zero-order valence-corrected chi connectivity index (χ0v) is 14.4. The quantitative estimate of drug-likeness (QED) is 0.637. The predicted octanol–water partition coefficient (Wildman–Crippen LogP) is 2.36. The van der Waals surface area contributed by atoms with Crippen LogP contribution in [0.5, 0.6) is 0 Å². The fourth-order valence-corrected chi connectivity index (χ4v) is 2.41. The Morgan fingerprint density at radius 3 is 2.79 bits per heavy atom. The minimum absolute atomic E-state index is 0.0298. The Bertz CT molecular complexity index is 774. The fraction of sp³-hybridized carbons (Fsp3) is 0.333. The molecule has 0 aliphatic heterocycles.